The molecule has 1 aliphatic heterocycles. The molecule has 108 valence electrons. The Hall–Kier alpha value is -2.84. The highest BCUT2D eigenvalue weighted by Crippen LogP contribution is 2.10. The summed E-state index contributed by atoms with van der Waals surface area (Å²) < 4.78 is 1.43. The molecule has 3 amide bonds. The number of rotatable bonds is 1. The van der Waals surface area contributed by atoms with Gasteiger partial charge in [-0.15, -0.1) is 5.10 Å². The van der Waals surface area contributed by atoms with Crippen molar-refractivity contribution in [3.8, 4) is 0 Å². The number of piperazine rings is 1. The molecule has 0 bridgehead atoms. The highest BCUT2D eigenvalue weighted by Gasteiger charge is 2.35. The van der Waals surface area contributed by atoms with E-state index >= 15 is 0 Å². The van der Waals surface area contributed by atoms with Gasteiger partial charge < -0.3 is 4.90 Å². The Bertz CT molecular complexity index is 767. The minimum Gasteiger partial charge on any atom is -0.315 e. The van der Waals surface area contributed by atoms with Crippen LogP contribution in [0.3, 0.4) is 0 Å². The van der Waals surface area contributed by atoms with Gasteiger partial charge in [0.05, 0.1) is 0 Å². The zero-order chi connectivity index (χ0) is 15.1. The van der Waals surface area contributed by atoms with Gasteiger partial charge in [-0.1, -0.05) is 0 Å². The first-order chi connectivity index (χ1) is 9.97. The van der Waals surface area contributed by atoms with E-state index in [-0.39, 0.29) is 12.4 Å². The van der Waals surface area contributed by atoms with Gasteiger partial charge in [-0.25, -0.2) is 9.50 Å². The molecule has 1 atom stereocenters. The van der Waals surface area contributed by atoms with Gasteiger partial charge in [0, 0.05) is 11.9 Å². The van der Waals surface area contributed by atoms with Crippen LogP contribution in [0.15, 0.2) is 12.3 Å². The summed E-state index contributed by atoms with van der Waals surface area (Å²) in [5, 5.41) is 6.25. The molecule has 9 heteroatoms. The summed E-state index contributed by atoms with van der Waals surface area (Å²) >= 11 is 0. The Morgan fingerprint density at radius 3 is 2.90 bits per heavy atom. The lowest BCUT2D eigenvalue weighted by molar-refractivity contribution is -0.138. The first-order valence-electron chi connectivity index (χ1n) is 6.30. The van der Waals surface area contributed by atoms with E-state index in [1.54, 1.807) is 26.1 Å². The van der Waals surface area contributed by atoms with Crippen molar-refractivity contribution in [2.24, 2.45) is 0 Å². The summed E-state index contributed by atoms with van der Waals surface area (Å²) in [6.45, 7) is 3.14. The van der Waals surface area contributed by atoms with E-state index < -0.39 is 23.8 Å². The van der Waals surface area contributed by atoms with E-state index in [2.05, 4.69) is 20.4 Å². The second-order valence-corrected chi connectivity index (χ2v) is 4.75. The van der Waals surface area contributed by atoms with Crippen molar-refractivity contribution in [1.82, 2.24) is 29.8 Å². The normalized spacial score (nSPS) is 19.0. The van der Waals surface area contributed by atoms with Crippen LogP contribution in [0.25, 0.3) is 5.78 Å². The number of carbonyl (C=O) groups excluding carboxylic acids is 3. The number of fused-ring (bicyclic) bond motifs is 1. The minimum atomic E-state index is -0.754. The highest BCUT2D eigenvalue weighted by atomic mass is 16.2. The molecule has 0 aromatic carbocycles. The predicted molar refractivity (Wildman–Crippen MR) is 69.2 cm³/mol. The molecule has 1 N–H and O–H groups in total. The van der Waals surface area contributed by atoms with E-state index in [1.165, 1.54) is 4.52 Å². The number of aromatic nitrogens is 4. The van der Waals surface area contributed by atoms with Gasteiger partial charge >= 0.3 is 0 Å². The summed E-state index contributed by atoms with van der Waals surface area (Å²) in [7, 11) is 0. The van der Waals surface area contributed by atoms with Crippen molar-refractivity contribution < 1.29 is 14.4 Å². The molecule has 1 aliphatic rings. The smallest absolute Gasteiger partial charge is 0.294 e. The van der Waals surface area contributed by atoms with E-state index in [4.69, 9.17) is 0 Å². The molecule has 1 saturated heterocycles. The molecule has 1 unspecified atom stereocenters. The number of hydrogen-bond donors (Lipinski definition) is 1. The molecule has 0 aliphatic carbocycles. The maximum Gasteiger partial charge on any atom is 0.294 e. The summed E-state index contributed by atoms with van der Waals surface area (Å²) in [4.78, 5) is 44.6. The van der Waals surface area contributed by atoms with Crippen molar-refractivity contribution in [3.63, 3.8) is 0 Å². The monoisotopic (exact) mass is 288 g/mol. The number of aryl methyl sites for hydroxylation is 1. The molecular formula is C12H12N6O3. The van der Waals surface area contributed by atoms with Crippen molar-refractivity contribution in [2.75, 3.05) is 6.54 Å². The summed E-state index contributed by atoms with van der Waals surface area (Å²) in [5.41, 5.74) is 0.770. The minimum absolute atomic E-state index is 0.0915. The molecule has 21 heavy (non-hydrogen) atoms. The highest BCUT2D eigenvalue weighted by molar-refractivity contribution is 6.06. The van der Waals surface area contributed by atoms with E-state index in [1.807, 2.05) is 0 Å². The zero-order valence-electron chi connectivity index (χ0n) is 11.4. The van der Waals surface area contributed by atoms with Gasteiger partial charge in [-0.3, -0.25) is 19.7 Å². The van der Waals surface area contributed by atoms with E-state index in [9.17, 15) is 14.4 Å². The standard InChI is InChI=1S/C12H12N6O3/c1-6-3-4-13-12-15-9(16-18(6)12)11(21)17-5-8(19)14-10(20)7(17)2/h3-4,7H,5H2,1-2H3,(H,14,19,20). The molecule has 0 spiro atoms. The number of nitrogens with one attached hydrogen (secondary N) is 1. The van der Waals surface area contributed by atoms with Crippen LogP contribution in [0.1, 0.15) is 23.2 Å². The van der Waals surface area contributed by atoms with Gasteiger partial charge in [0.1, 0.15) is 12.6 Å². The first kappa shape index (κ1) is 13.2. The third-order valence-electron chi connectivity index (χ3n) is 3.31. The van der Waals surface area contributed by atoms with Crippen molar-refractivity contribution in [1.29, 1.82) is 0 Å². The SMILES string of the molecule is Cc1ccnc2nc(C(=O)N3CC(=O)NC(=O)C3C)nn12. The number of nitrogens with zero attached hydrogens (tertiary/aromatic N) is 5. The summed E-state index contributed by atoms with van der Waals surface area (Å²) in [6.07, 6.45) is 1.56. The fourth-order valence-corrected chi connectivity index (χ4v) is 2.09. The molecule has 0 radical (unpaired) electrons. The Morgan fingerprint density at radius 1 is 1.43 bits per heavy atom. The maximum absolute atomic E-state index is 12.4. The summed E-state index contributed by atoms with van der Waals surface area (Å²) in [6, 6.07) is 0.979. The topological polar surface area (TPSA) is 110 Å². The van der Waals surface area contributed by atoms with Crippen molar-refractivity contribution in [3.05, 3.63) is 23.8 Å². The molecule has 9 nitrogen and oxygen atoms in total. The van der Waals surface area contributed by atoms with Gasteiger partial charge in [-0.05, 0) is 19.9 Å². The van der Waals surface area contributed by atoms with Crippen molar-refractivity contribution >= 4 is 23.5 Å². The average molecular weight is 288 g/mol. The largest absolute Gasteiger partial charge is 0.315 e. The lowest BCUT2D eigenvalue weighted by Crippen LogP contribution is -2.58. The summed E-state index contributed by atoms with van der Waals surface area (Å²) in [5.74, 6) is -1.41. The van der Waals surface area contributed by atoms with E-state index in [0.717, 1.165) is 10.6 Å². The molecule has 1 fully saturated rings. The van der Waals surface area contributed by atoms with Gasteiger partial charge in [0.25, 0.3) is 11.7 Å². The maximum atomic E-state index is 12.4. The lowest BCUT2D eigenvalue weighted by Gasteiger charge is -2.30. The van der Waals surface area contributed by atoms with Gasteiger partial charge in [0.15, 0.2) is 0 Å². The fraction of sp³-hybridized carbons (Fsp3) is 0.333. The number of hydrogen-bond acceptors (Lipinski definition) is 6. The third kappa shape index (κ3) is 2.12. The quantitative estimate of drug-likeness (QED) is 0.668. The third-order valence-corrected chi connectivity index (χ3v) is 3.31. The zero-order valence-corrected chi connectivity index (χ0v) is 11.4. The van der Waals surface area contributed by atoms with E-state index in [0.29, 0.717) is 5.78 Å². The second-order valence-electron chi connectivity index (χ2n) is 4.75. The second kappa shape index (κ2) is 4.62. The predicted octanol–water partition coefficient (Wildman–Crippen LogP) is -1.08. The first-order valence-corrected chi connectivity index (χ1v) is 6.30. The number of amides is 3. The molecule has 3 rings (SSSR count). The van der Waals surface area contributed by atoms with Crippen LogP contribution in [0.5, 0.6) is 0 Å². The Labute approximate surface area is 119 Å². The van der Waals surface area contributed by atoms with Crippen LogP contribution in [-0.2, 0) is 9.59 Å². The van der Waals surface area contributed by atoms with Gasteiger partial charge in [-0.2, -0.15) is 4.98 Å². The Kier molecular flexibility index (Phi) is 2.89. The van der Waals surface area contributed by atoms with Crippen LogP contribution in [0.2, 0.25) is 0 Å². The van der Waals surface area contributed by atoms with Crippen LogP contribution in [0, 0.1) is 6.92 Å². The molecule has 2 aromatic rings. The average Bonchev–Trinajstić information content (AvgIpc) is 2.87. The van der Waals surface area contributed by atoms with Crippen LogP contribution >= 0.6 is 0 Å². The number of carbonyl (C=O) groups is 3. The molecular weight excluding hydrogens is 276 g/mol. The van der Waals surface area contributed by atoms with Crippen LogP contribution in [0.4, 0.5) is 0 Å². The van der Waals surface area contributed by atoms with Crippen LogP contribution in [-0.4, -0.2) is 54.8 Å². The molecule has 3 heterocycles. The van der Waals surface area contributed by atoms with Gasteiger partial charge in [0.2, 0.25) is 17.6 Å². The molecule has 2 aromatic heterocycles. The Morgan fingerprint density at radius 2 is 2.19 bits per heavy atom. The Balaban J connectivity index is 1.98. The van der Waals surface area contributed by atoms with Crippen LogP contribution < -0.4 is 5.32 Å². The van der Waals surface area contributed by atoms with Crippen molar-refractivity contribution in [2.45, 2.75) is 19.9 Å². The fourth-order valence-electron chi connectivity index (χ4n) is 2.09. The lowest BCUT2D eigenvalue weighted by atomic mass is 10.2. The molecule has 0 saturated carbocycles. The number of imide groups is 1.